The Morgan fingerprint density at radius 1 is 1.30 bits per heavy atom. The summed E-state index contributed by atoms with van der Waals surface area (Å²) in [6, 6.07) is 9.72. The van der Waals surface area contributed by atoms with Crippen LogP contribution < -0.4 is 10.9 Å². The van der Waals surface area contributed by atoms with Gasteiger partial charge in [0.05, 0.1) is 6.61 Å². The molecule has 0 bridgehead atoms. The van der Waals surface area contributed by atoms with Crippen LogP contribution in [0.5, 0.6) is 0 Å². The van der Waals surface area contributed by atoms with Crippen LogP contribution in [0.15, 0.2) is 41.3 Å². The van der Waals surface area contributed by atoms with Crippen LogP contribution in [-0.2, 0) is 11.3 Å². The number of pyridine rings is 1. The summed E-state index contributed by atoms with van der Waals surface area (Å²) in [7, 11) is 0. The second-order valence-corrected chi connectivity index (χ2v) is 5.34. The molecule has 1 aliphatic rings. The number of aromatic nitrogens is 1. The van der Waals surface area contributed by atoms with Crippen molar-refractivity contribution in [3.63, 3.8) is 0 Å². The maximum atomic E-state index is 12.3. The van der Waals surface area contributed by atoms with Gasteiger partial charge in [-0.1, -0.05) is 18.2 Å². The molecule has 1 aromatic heterocycles. The molecule has 106 valence electrons. The number of hydrogen-bond donors (Lipinski definition) is 1. The zero-order chi connectivity index (χ0) is 13.8. The standard InChI is InChI=1S/C16H20N2O2/c19-16-15-4-2-1-3-14(15)5-8-18(16)9-7-17-11-13-6-10-20-12-13/h1-5,8,13,17H,6-7,9-12H2. The van der Waals surface area contributed by atoms with Crippen molar-refractivity contribution < 1.29 is 4.74 Å². The molecule has 1 saturated heterocycles. The molecular weight excluding hydrogens is 252 g/mol. The number of fused-ring (bicyclic) bond motifs is 1. The molecule has 1 unspecified atom stereocenters. The Kier molecular flexibility index (Phi) is 4.14. The third kappa shape index (κ3) is 2.92. The zero-order valence-electron chi connectivity index (χ0n) is 11.5. The van der Waals surface area contributed by atoms with Crippen molar-refractivity contribution in [2.45, 2.75) is 13.0 Å². The van der Waals surface area contributed by atoms with E-state index < -0.39 is 0 Å². The van der Waals surface area contributed by atoms with Crippen molar-refractivity contribution in [1.82, 2.24) is 9.88 Å². The molecule has 0 amide bonds. The molecule has 4 heteroatoms. The molecule has 1 aliphatic heterocycles. The molecule has 1 aromatic carbocycles. The van der Waals surface area contributed by atoms with Crippen molar-refractivity contribution in [3.05, 3.63) is 46.9 Å². The topological polar surface area (TPSA) is 43.3 Å². The highest BCUT2D eigenvalue weighted by Gasteiger charge is 2.14. The lowest BCUT2D eigenvalue weighted by atomic mass is 10.1. The fourth-order valence-corrected chi connectivity index (χ4v) is 2.66. The fraction of sp³-hybridized carbons (Fsp3) is 0.438. The number of ether oxygens (including phenoxy) is 1. The predicted molar refractivity (Wildman–Crippen MR) is 80.0 cm³/mol. The second kappa shape index (κ2) is 6.20. The average Bonchev–Trinajstić information content (AvgIpc) is 2.99. The van der Waals surface area contributed by atoms with E-state index in [2.05, 4.69) is 5.32 Å². The van der Waals surface area contributed by atoms with Crippen LogP contribution in [0.1, 0.15) is 6.42 Å². The van der Waals surface area contributed by atoms with E-state index in [0.29, 0.717) is 12.5 Å². The van der Waals surface area contributed by atoms with Gasteiger partial charge in [-0.3, -0.25) is 4.79 Å². The lowest BCUT2D eigenvalue weighted by Gasteiger charge is -2.11. The maximum Gasteiger partial charge on any atom is 0.258 e. The summed E-state index contributed by atoms with van der Waals surface area (Å²) >= 11 is 0. The number of rotatable bonds is 5. The second-order valence-electron chi connectivity index (χ2n) is 5.34. The molecule has 1 fully saturated rings. The summed E-state index contributed by atoms with van der Waals surface area (Å²) in [4.78, 5) is 12.3. The smallest absolute Gasteiger partial charge is 0.258 e. The predicted octanol–water partition coefficient (Wildman–Crippen LogP) is 1.63. The number of nitrogens with one attached hydrogen (secondary N) is 1. The molecule has 3 rings (SSSR count). The molecule has 0 radical (unpaired) electrons. The highest BCUT2D eigenvalue weighted by Crippen LogP contribution is 2.10. The van der Waals surface area contributed by atoms with E-state index in [1.54, 1.807) is 4.57 Å². The van der Waals surface area contributed by atoms with Gasteiger partial charge < -0.3 is 14.6 Å². The van der Waals surface area contributed by atoms with Gasteiger partial charge in [0, 0.05) is 37.8 Å². The summed E-state index contributed by atoms with van der Waals surface area (Å²) in [5.74, 6) is 0.628. The largest absolute Gasteiger partial charge is 0.381 e. The quantitative estimate of drug-likeness (QED) is 0.841. The van der Waals surface area contributed by atoms with Crippen LogP contribution in [0.3, 0.4) is 0 Å². The third-order valence-electron chi connectivity index (χ3n) is 3.87. The van der Waals surface area contributed by atoms with Crippen molar-refractivity contribution in [2.75, 3.05) is 26.3 Å². The summed E-state index contributed by atoms with van der Waals surface area (Å²) < 4.78 is 7.12. The molecule has 1 atom stereocenters. The first-order chi connectivity index (χ1) is 9.84. The lowest BCUT2D eigenvalue weighted by Crippen LogP contribution is -2.30. The Labute approximate surface area is 118 Å². The van der Waals surface area contributed by atoms with Gasteiger partial charge in [0.25, 0.3) is 5.56 Å². The van der Waals surface area contributed by atoms with Gasteiger partial charge in [-0.05, 0) is 29.9 Å². The number of nitrogens with zero attached hydrogens (tertiary/aromatic N) is 1. The average molecular weight is 272 g/mol. The van der Waals surface area contributed by atoms with E-state index in [1.165, 1.54) is 0 Å². The van der Waals surface area contributed by atoms with Gasteiger partial charge in [-0.25, -0.2) is 0 Å². The zero-order valence-corrected chi connectivity index (χ0v) is 11.5. The van der Waals surface area contributed by atoms with Gasteiger partial charge in [0.1, 0.15) is 0 Å². The molecule has 0 saturated carbocycles. The van der Waals surface area contributed by atoms with Crippen LogP contribution in [-0.4, -0.2) is 30.9 Å². The summed E-state index contributed by atoms with van der Waals surface area (Å²) in [6.45, 7) is 4.24. The van der Waals surface area contributed by atoms with Gasteiger partial charge in [0.15, 0.2) is 0 Å². The van der Waals surface area contributed by atoms with Gasteiger partial charge in [-0.2, -0.15) is 0 Å². The Morgan fingerprint density at radius 3 is 3.05 bits per heavy atom. The number of hydrogen-bond acceptors (Lipinski definition) is 3. The van der Waals surface area contributed by atoms with E-state index >= 15 is 0 Å². The molecule has 2 aromatic rings. The molecule has 2 heterocycles. The van der Waals surface area contributed by atoms with E-state index in [0.717, 1.165) is 43.5 Å². The highest BCUT2D eigenvalue weighted by atomic mass is 16.5. The summed E-state index contributed by atoms with van der Waals surface area (Å²) in [5.41, 5.74) is 0.0918. The van der Waals surface area contributed by atoms with Crippen LogP contribution in [0.4, 0.5) is 0 Å². The highest BCUT2D eigenvalue weighted by molar-refractivity contribution is 5.81. The Hall–Kier alpha value is -1.65. The van der Waals surface area contributed by atoms with Crippen LogP contribution >= 0.6 is 0 Å². The van der Waals surface area contributed by atoms with E-state index in [1.807, 2.05) is 36.5 Å². The number of benzene rings is 1. The Balaban J connectivity index is 1.60. The summed E-state index contributed by atoms with van der Waals surface area (Å²) in [6.07, 6.45) is 3.02. The van der Waals surface area contributed by atoms with Gasteiger partial charge >= 0.3 is 0 Å². The summed E-state index contributed by atoms with van der Waals surface area (Å²) in [5, 5.41) is 5.21. The van der Waals surface area contributed by atoms with Crippen molar-refractivity contribution in [2.24, 2.45) is 5.92 Å². The van der Waals surface area contributed by atoms with Crippen molar-refractivity contribution >= 4 is 10.8 Å². The van der Waals surface area contributed by atoms with Crippen LogP contribution in [0.25, 0.3) is 10.8 Å². The first-order valence-corrected chi connectivity index (χ1v) is 7.21. The Morgan fingerprint density at radius 2 is 2.20 bits per heavy atom. The van der Waals surface area contributed by atoms with Gasteiger partial charge in [-0.15, -0.1) is 0 Å². The maximum absolute atomic E-state index is 12.3. The van der Waals surface area contributed by atoms with Crippen LogP contribution in [0, 0.1) is 5.92 Å². The normalized spacial score (nSPS) is 18.7. The monoisotopic (exact) mass is 272 g/mol. The van der Waals surface area contributed by atoms with Crippen molar-refractivity contribution in [1.29, 1.82) is 0 Å². The molecule has 4 nitrogen and oxygen atoms in total. The first-order valence-electron chi connectivity index (χ1n) is 7.21. The SMILES string of the molecule is O=c1c2ccccc2ccn1CCNCC1CCOC1. The van der Waals surface area contributed by atoms with E-state index in [-0.39, 0.29) is 5.56 Å². The first kappa shape index (κ1) is 13.3. The van der Waals surface area contributed by atoms with E-state index in [4.69, 9.17) is 4.74 Å². The minimum absolute atomic E-state index is 0.0918. The Bertz CT molecular complexity index is 630. The third-order valence-corrected chi connectivity index (χ3v) is 3.87. The minimum atomic E-state index is 0.0918. The van der Waals surface area contributed by atoms with Gasteiger partial charge in [0.2, 0.25) is 0 Å². The molecular formula is C16H20N2O2. The molecule has 1 N–H and O–H groups in total. The fourth-order valence-electron chi connectivity index (χ4n) is 2.66. The molecule has 0 aliphatic carbocycles. The van der Waals surface area contributed by atoms with Crippen molar-refractivity contribution in [3.8, 4) is 0 Å². The van der Waals surface area contributed by atoms with Crippen LogP contribution in [0.2, 0.25) is 0 Å². The van der Waals surface area contributed by atoms with E-state index in [9.17, 15) is 4.79 Å². The molecule has 0 spiro atoms. The molecule has 20 heavy (non-hydrogen) atoms. The minimum Gasteiger partial charge on any atom is -0.381 e. The lowest BCUT2D eigenvalue weighted by molar-refractivity contribution is 0.185.